The lowest BCUT2D eigenvalue weighted by atomic mass is 9.42. The highest BCUT2D eigenvalue weighted by molar-refractivity contribution is 6.67. The van der Waals surface area contributed by atoms with E-state index in [4.69, 9.17) is 5.26 Å². The topological polar surface area (TPSA) is 39.1 Å². The van der Waals surface area contributed by atoms with E-state index < -0.39 is 0 Å². The third kappa shape index (κ3) is 2.24. The van der Waals surface area contributed by atoms with Gasteiger partial charge in [0.15, 0.2) is 0 Å². The predicted molar refractivity (Wildman–Crippen MR) is 81.0 cm³/mol. The number of fused-ring (bicyclic) bond motifs is 1. The van der Waals surface area contributed by atoms with Crippen molar-refractivity contribution in [1.82, 2.24) is 0 Å². The summed E-state index contributed by atoms with van der Waals surface area (Å²) < 4.78 is 14.2. The molecule has 1 fully saturated rings. The fourth-order valence-electron chi connectivity index (χ4n) is 3.42. The summed E-state index contributed by atoms with van der Waals surface area (Å²) in [4.78, 5) is 2.17. The monoisotopic (exact) mass is 271 g/mol. The minimum Gasteiger partial charge on any atom is -0.384 e. The summed E-state index contributed by atoms with van der Waals surface area (Å²) in [6.45, 7) is 4.69. The number of nitrogens with zero attached hydrogens (tertiary/aromatic N) is 2. The van der Waals surface area contributed by atoms with Gasteiger partial charge in [-0.15, -0.1) is 0 Å². The van der Waals surface area contributed by atoms with Crippen molar-refractivity contribution in [2.75, 3.05) is 29.9 Å². The molecule has 3 nitrogen and oxygen atoms in total. The Morgan fingerprint density at radius 3 is 2.85 bits per heavy atom. The second kappa shape index (κ2) is 5.36. The highest BCUT2D eigenvalue weighted by Gasteiger charge is 2.29. The van der Waals surface area contributed by atoms with Crippen LogP contribution in [0.25, 0.3) is 0 Å². The molecule has 0 aliphatic carbocycles. The molecule has 104 valence electrons. The molecule has 0 amide bonds. The molecule has 2 aliphatic heterocycles. The van der Waals surface area contributed by atoms with Gasteiger partial charge in [0.05, 0.1) is 5.69 Å². The predicted octanol–water partition coefficient (Wildman–Crippen LogP) is 2.95. The Labute approximate surface area is 119 Å². The summed E-state index contributed by atoms with van der Waals surface area (Å²) in [7, 11) is 0. The number of halogens is 1. The zero-order chi connectivity index (χ0) is 14.1. The van der Waals surface area contributed by atoms with Crippen LogP contribution in [0.2, 0.25) is 12.6 Å². The number of benzene rings is 1. The first-order valence-corrected chi connectivity index (χ1v) is 7.40. The van der Waals surface area contributed by atoms with Crippen LogP contribution >= 0.6 is 0 Å². The van der Waals surface area contributed by atoms with Crippen molar-refractivity contribution in [3.8, 4) is 5.97 Å². The number of anilines is 2. The summed E-state index contributed by atoms with van der Waals surface area (Å²) in [6, 6.07) is 3.40. The Kier molecular flexibility index (Phi) is 3.56. The van der Waals surface area contributed by atoms with Crippen molar-refractivity contribution in [3.63, 3.8) is 0 Å². The van der Waals surface area contributed by atoms with E-state index in [9.17, 15) is 4.39 Å². The Hall–Kier alpha value is -1.70. The van der Waals surface area contributed by atoms with Crippen LogP contribution in [0, 0.1) is 17.0 Å². The number of rotatable bonds is 2. The van der Waals surface area contributed by atoms with Crippen molar-refractivity contribution < 1.29 is 4.39 Å². The molecule has 1 aromatic rings. The third-order valence-electron chi connectivity index (χ3n) is 4.69. The highest BCUT2D eigenvalue weighted by Crippen LogP contribution is 2.37. The minimum absolute atomic E-state index is 0.102. The number of hydrogen-bond acceptors (Lipinski definition) is 3. The lowest BCUT2D eigenvalue weighted by Crippen LogP contribution is -2.36. The number of piperidine rings is 1. The number of nitriles is 1. The molecule has 0 unspecified atom stereocenters. The molecule has 0 saturated carbocycles. The van der Waals surface area contributed by atoms with Crippen LogP contribution in [-0.2, 0) is 6.42 Å². The molecule has 2 heterocycles. The molecule has 1 saturated heterocycles. The zero-order valence-electron chi connectivity index (χ0n) is 11.8. The van der Waals surface area contributed by atoms with E-state index in [1.54, 1.807) is 6.07 Å². The lowest BCUT2D eigenvalue weighted by molar-refractivity contribution is 0.550. The first kappa shape index (κ1) is 13.3. The van der Waals surface area contributed by atoms with Gasteiger partial charge in [-0.3, -0.25) is 0 Å². The van der Waals surface area contributed by atoms with Crippen LogP contribution in [0.5, 0.6) is 0 Å². The quantitative estimate of drug-likeness (QED) is 0.840. The second-order valence-corrected chi connectivity index (χ2v) is 5.84. The van der Waals surface area contributed by atoms with Gasteiger partial charge in [-0.05, 0) is 37.2 Å². The van der Waals surface area contributed by atoms with Crippen LogP contribution in [0.1, 0.15) is 18.4 Å². The standard InChI is InChI=1S/C15H19BFN3/c1-16(10-18)11-5-8-20(9-6-11)15-12-4-7-19-14(12)3-2-13(15)17/h2-3,11,19H,4-9H2,1H3. The first-order chi connectivity index (χ1) is 9.70. The Bertz CT molecular complexity index is 547. The van der Waals surface area contributed by atoms with Gasteiger partial charge in [0.25, 0.3) is 6.71 Å². The van der Waals surface area contributed by atoms with Crippen molar-refractivity contribution in [1.29, 1.82) is 5.26 Å². The molecule has 0 spiro atoms. The SMILES string of the molecule is CB(C#N)C1CCN(c2c(F)ccc3c2CCN3)CC1. The van der Waals surface area contributed by atoms with E-state index in [2.05, 4.69) is 16.2 Å². The summed E-state index contributed by atoms with van der Waals surface area (Å²) in [5.74, 6) is 2.68. The molecular weight excluding hydrogens is 252 g/mol. The van der Waals surface area contributed by atoms with E-state index in [-0.39, 0.29) is 12.5 Å². The van der Waals surface area contributed by atoms with E-state index in [1.165, 1.54) is 0 Å². The maximum absolute atomic E-state index is 14.2. The summed E-state index contributed by atoms with van der Waals surface area (Å²) >= 11 is 0. The van der Waals surface area contributed by atoms with Crippen molar-refractivity contribution >= 4 is 18.1 Å². The fourth-order valence-corrected chi connectivity index (χ4v) is 3.42. The van der Waals surface area contributed by atoms with Gasteiger partial charge in [0, 0.05) is 36.9 Å². The van der Waals surface area contributed by atoms with Crippen LogP contribution in [0.15, 0.2) is 12.1 Å². The van der Waals surface area contributed by atoms with Crippen molar-refractivity contribution in [3.05, 3.63) is 23.5 Å². The van der Waals surface area contributed by atoms with Gasteiger partial charge in [0.1, 0.15) is 5.82 Å². The van der Waals surface area contributed by atoms with Gasteiger partial charge in [-0.2, -0.15) is 0 Å². The first-order valence-electron chi connectivity index (χ1n) is 7.40. The maximum atomic E-state index is 14.2. The summed E-state index contributed by atoms with van der Waals surface area (Å²) in [6.07, 6.45) is 2.85. The Morgan fingerprint density at radius 1 is 1.40 bits per heavy atom. The number of hydrogen-bond donors (Lipinski definition) is 1. The van der Waals surface area contributed by atoms with Gasteiger partial charge in [-0.1, -0.05) is 6.82 Å². The lowest BCUT2D eigenvalue weighted by Gasteiger charge is -2.35. The molecule has 20 heavy (non-hydrogen) atoms. The van der Waals surface area contributed by atoms with E-state index >= 15 is 0 Å². The largest absolute Gasteiger partial charge is 0.384 e. The molecule has 0 aromatic heterocycles. The Morgan fingerprint density at radius 2 is 2.15 bits per heavy atom. The molecule has 1 N–H and O–H groups in total. The van der Waals surface area contributed by atoms with Gasteiger partial charge < -0.3 is 10.2 Å². The molecule has 1 aromatic carbocycles. The maximum Gasteiger partial charge on any atom is 0.268 e. The van der Waals surface area contributed by atoms with Crippen molar-refractivity contribution in [2.45, 2.75) is 31.9 Å². The second-order valence-electron chi connectivity index (χ2n) is 5.84. The molecule has 5 heteroatoms. The molecule has 0 atom stereocenters. The third-order valence-corrected chi connectivity index (χ3v) is 4.69. The minimum atomic E-state index is -0.112. The number of nitrogens with one attached hydrogen (secondary N) is 1. The highest BCUT2D eigenvalue weighted by atomic mass is 19.1. The Balaban J connectivity index is 1.79. The summed E-state index contributed by atoms with van der Waals surface area (Å²) in [5.41, 5.74) is 2.99. The summed E-state index contributed by atoms with van der Waals surface area (Å²) in [5, 5.41) is 12.3. The van der Waals surface area contributed by atoms with Gasteiger partial charge in [0.2, 0.25) is 0 Å². The van der Waals surface area contributed by atoms with Crippen LogP contribution in [-0.4, -0.2) is 26.3 Å². The fraction of sp³-hybridized carbons (Fsp3) is 0.533. The van der Waals surface area contributed by atoms with Crippen molar-refractivity contribution in [2.24, 2.45) is 0 Å². The van der Waals surface area contributed by atoms with Crippen LogP contribution in [0.4, 0.5) is 15.8 Å². The molecule has 2 aliphatic rings. The molecule has 3 rings (SSSR count). The van der Waals surface area contributed by atoms with E-state index in [0.29, 0.717) is 5.82 Å². The van der Waals surface area contributed by atoms with E-state index in [1.807, 2.05) is 12.9 Å². The molecular formula is C15H19BFN3. The average Bonchev–Trinajstić information content (AvgIpc) is 2.95. The van der Waals surface area contributed by atoms with Gasteiger partial charge in [-0.25, -0.2) is 9.65 Å². The normalized spacial score (nSPS) is 18.4. The smallest absolute Gasteiger partial charge is 0.268 e. The van der Waals surface area contributed by atoms with Gasteiger partial charge >= 0.3 is 0 Å². The van der Waals surface area contributed by atoms with Crippen LogP contribution < -0.4 is 10.2 Å². The average molecular weight is 271 g/mol. The van der Waals surface area contributed by atoms with E-state index in [0.717, 1.165) is 55.8 Å². The molecule has 0 bridgehead atoms. The van der Waals surface area contributed by atoms with Crippen LogP contribution in [0.3, 0.4) is 0 Å². The molecule has 0 radical (unpaired) electrons. The zero-order valence-corrected chi connectivity index (χ0v) is 11.8.